The Hall–Kier alpha value is -2.00. The molecule has 0 amide bonds. The van der Waals surface area contributed by atoms with Crippen molar-refractivity contribution in [1.82, 2.24) is 9.78 Å². The van der Waals surface area contributed by atoms with Gasteiger partial charge in [0.1, 0.15) is 16.9 Å². The molecule has 0 aliphatic heterocycles. The molecule has 0 spiro atoms. The van der Waals surface area contributed by atoms with Gasteiger partial charge >= 0.3 is 0 Å². The summed E-state index contributed by atoms with van der Waals surface area (Å²) in [5.74, 6) is 1.71. The molecule has 0 saturated heterocycles. The fourth-order valence-corrected chi connectivity index (χ4v) is 2.30. The van der Waals surface area contributed by atoms with Crippen molar-refractivity contribution in [3.05, 3.63) is 71.9 Å². The lowest BCUT2D eigenvalue weighted by Crippen LogP contribution is -1.93. The average molecular weight is 287 g/mol. The lowest BCUT2D eigenvalue weighted by Gasteiger charge is -2.03. The molecule has 0 saturated carbocycles. The first-order valence-electron chi connectivity index (χ1n) is 6.60. The lowest BCUT2D eigenvalue weighted by molar-refractivity contribution is 0.474. The number of alkyl halides is 1. The smallest absolute Gasteiger partial charge is 0.126 e. The van der Waals surface area contributed by atoms with Crippen LogP contribution >= 0.6 is 11.6 Å². The van der Waals surface area contributed by atoms with Crippen LogP contribution in [0, 0.1) is 0 Å². The zero-order valence-electron chi connectivity index (χ0n) is 11.2. The molecule has 0 aliphatic rings. The van der Waals surface area contributed by atoms with Crippen LogP contribution < -0.4 is 0 Å². The summed E-state index contributed by atoms with van der Waals surface area (Å²) in [5, 5.41) is 4.04. The molecule has 0 fully saturated rings. The normalized spacial score (nSPS) is 12.5. The molecular weight excluding hydrogens is 272 g/mol. The number of nitrogens with zero attached hydrogens (tertiary/aromatic N) is 2. The van der Waals surface area contributed by atoms with Crippen molar-refractivity contribution in [2.24, 2.45) is 0 Å². The SMILES string of the molecule is CCc1ccc(C(Cl)c2cnn(-c3ccccc3)c2)o1. The van der Waals surface area contributed by atoms with Gasteiger partial charge in [-0.15, -0.1) is 11.6 Å². The van der Waals surface area contributed by atoms with Crippen LogP contribution in [0.5, 0.6) is 0 Å². The maximum atomic E-state index is 6.46. The molecule has 0 bridgehead atoms. The van der Waals surface area contributed by atoms with Crippen LogP contribution in [0.4, 0.5) is 0 Å². The van der Waals surface area contributed by atoms with Gasteiger partial charge in [0.15, 0.2) is 0 Å². The summed E-state index contributed by atoms with van der Waals surface area (Å²) >= 11 is 6.46. The number of benzene rings is 1. The van der Waals surface area contributed by atoms with Gasteiger partial charge in [-0.25, -0.2) is 4.68 Å². The lowest BCUT2D eigenvalue weighted by atomic mass is 10.2. The maximum Gasteiger partial charge on any atom is 0.126 e. The fourth-order valence-electron chi connectivity index (χ4n) is 2.07. The molecule has 4 heteroatoms. The highest BCUT2D eigenvalue weighted by Crippen LogP contribution is 2.30. The summed E-state index contributed by atoms with van der Waals surface area (Å²) in [7, 11) is 0. The highest BCUT2D eigenvalue weighted by Gasteiger charge is 2.17. The number of halogens is 1. The Morgan fingerprint density at radius 1 is 1.20 bits per heavy atom. The number of para-hydroxylation sites is 1. The largest absolute Gasteiger partial charge is 0.464 e. The molecule has 3 nitrogen and oxygen atoms in total. The van der Waals surface area contributed by atoms with Crippen LogP contribution in [0.15, 0.2) is 59.3 Å². The van der Waals surface area contributed by atoms with E-state index in [0.717, 1.165) is 29.2 Å². The Balaban J connectivity index is 1.86. The van der Waals surface area contributed by atoms with Crippen LogP contribution in [0.3, 0.4) is 0 Å². The van der Waals surface area contributed by atoms with Crippen LogP contribution in [-0.4, -0.2) is 9.78 Å². The Labute approximate surface area is 122 Å². The van der Waals surface area contributed by atoms with Gasteiger partial charge in [-0.05, 0) is 24.3 Å². The number of aryl methyl sites for hydroxylation is 1. The zero-order chi connectivity index (χ0) is 13.9. The van der Waals surface area contributed by atoms with Crippen molar-refractivity contribution in [1.29, 1.82) is 0 Å². The van der Waals surface area contributed by atoms with Crippen molar-refractivity contribution in [3.8, 4) is 5.69 Å². The van der Waals surface area contributed by atoms with E-state index in [-0.39, 0.29) is 5.38 Å². The fraction of sp³-hybridized carbons (Fsp3) is 0.188. The summed E-state index contributed by atoms with van der Waals surface area (Å²) in [4.78, 5) is 0. The molecule has 102 valence electrons. The van der Waals surface area contributed by atoms with E-state index < -0.39 is 0 Å². The molecule has 2 heterocycles. The molecule has 3 rings (SSSR count). The second-order valence-corrected chi connectivity index (χ2v) is 5.01. The van der Waals surface area contributed by atoms with E-state index in [9.17, 15) is 0 Å². The van der Waals surface area contributed by atoms with Crippen molar-refractivity contribution in [2.75, 3.05) is 0 Å². The highest BCUT2D eigenvalue weighted by molar-refractivity contribution is 6.22. The van der Waals surface area contributed by atoms with E-state index in [1.807, 2.05) is 53.3 Å². The van der Waals surface area contributed by atoms with E-state index in [1.165, 1.54) is 0 Å². The van der Waals surface area contributed by atoms with E-state index in [2.05, 4.69) is 12.0 Å². The van der Waals surface area contributed by atoms with E-state index in [4.69, 9.17) is 16.0 Å². The standard InChI is InChI=1S/C16H15ClN2O/c1-2-14-8-9-15(20-14)16(17)12-10-18-19(11-12)13-6-4-3-5-7-13/h3-11,16H,2H2,1H3. The van der Waals surface area contributed by atoms with Crippen LogP contribution in [0.1, 0.15) is 29.4 Å². The van der Waals surface area contributed by atoms with Crippen LogP contribution in [-0.2, 0) is 6.42 Å². The Morgan fingerprint density at radius 2 is 2.00 bits per heavy atom. The molecule has 0 N–H and O–H groups in total. The first-order valence-corrected chi connectivity index (χ1v) is 7.04. The quantitative estimate of drug-likeness (QED) is 0.667. The number of hydrogen-bond donors (Lipinski definition) is 0. The average Bonchev–Trinajstić information content (AvgIpc) is 3.17. The topological polar surface area (TPSA) is 31.0 Å². The van der Waals surface area contributed by atoms with Gasteiger partial charge in [0, 0.05) is 18.2 Å². The number of hydrogen-bond acceptors (Lipinski definition) is 2. The molecule has 20 heavy (non-hydrogen) atoms. The van der Waals surface area contributed by atoms with Gasteiger partial charge in [-0.3, -0.25) is 0 Å². The molecule has 0 aliphatic carbocycles. The van der Waals surface area contributed by atoms with Gasteiger partial charge in [-0.1, -0.05) is 25.1 Å². The molecule has 0 radical (unpaired) electrons. The molecule has 1 unspecified atom stereocenters. The summed E-state index contributed by atoms with van der Waals surface area (Å²) in [6.45, 7) is 2.05. The predicted octanol–water partition coefficient (Wildman–Crippen LogP) is 4.36. The number of rotatable bonds is 4. The van der Waals surface area contributed by atoms with Gasteiger partial charge in [0.2, 0.25) is 0 Å². The molecule has 3 aromatic rings. The third kappa shape index (κ3) is 2.49. The summed E-state index contributed by atoms with van der Waals surface area (Å²) in [5.41, 5.74) is 1.93. The van der Waals surface area contributed by atoms with E-state index in [0.29, 0.717) is 0 Å². The molecule has 1 aromatic carbocycles. The van der Waals surface area contributed by atoms with Crippen molar-refractivity contribution in [3.63, 3.8) is 0 Å². The first-order chi connectivity index (χ1) is 9.78. The highest BCUT2D eigenvalue weighted by atomic mass is 35.5. The third-order valence-electron chi connectivity index (χ3n) is 3.20. The van der Waals surface area contributed by atoms with E-state index >= 15 is 0 Å². The van der Waals surface area contributed by atoms with Crippen molar-refractivity contribution >= 4 is 11.6 Å². The summed E-state index contributed by atoms with van der Waals surface area (Å²) in [6, 6.07) is 13.8. The number of furan rings is 1. The minimum atomic E-state index is -0.312. The zero-order valence-corrected chi connectivity index (χ0v) is 11.9. The van der Waals surface area contributed by atoms with Crippen molar-refractivity contribution < 1.29 is 4.42 Å². The maximum absolute atomic E-state index is 6.46. The van der Waals surface area contributed by atoms with Gasteiger partial charge in [0.05, 0.1) is 11.9 Å². The Morgan fingerprint density at radius 3 is 2.70 bits per heavy atom. The molecular formula is C16H15ClN2O. The van der Waals surface area contributed by atoms with Gasteiger partial charge in [0.25, 0.3) is 0 Å². The predicted molar refractivity (Wildman–Crippen MR) is 79.3 cm³/mol. The molecule has 2 aromatic heterocycles. The third-order valence-corrected chi connectivity index (χ3v) is 3.66. The minimum absolute atomic E-state index is 0.312. The first kappa shape index (κ1) is 13.0. The summed E-state index contributed by atoms with van der Waals surface area (Å²) in [6.07, 6.45) is 4.58. The minimum Gasteiger partial charge on any atom is -0.464 e. The van der Waals surface area contributed by atoms with Crippen LogP contribution in [0.25, 0.3) is 5.69 Å². The Kier molecular flexibility index (Phi) is 3.61. The second kappa shape index (κ2) is 5.55. The summed E-state index contributed by atoms with van der Waals surface area (Å²) < 4.78 is 7.51. The van der Waals surface area contributed by atoms with Gasteiger partial charge < -0.3 is 4.42 Å². The monoisotopic (exact) mass is 286 g/mol. The second-order valence-electron chi connectivity index (χ2n) is 4.57. The number of aromatic nitrogens is 2. The van der Waals surface area contributed by atoms with Gasteiger partial charge in [-0.2, -0.15) is 5.10 Å². The van der Waals surface area contributed by atoms with E-state index in [1.54, 1.807) is 6.20 Å². The molecule has 1 atom stereocenters. The van der Waals surface area contributed by atoms with Crippen molar-refractivity contribution in [2.45, 2.75) is 18.7 Å². The van der Waals surface area contributed by atoms with Crippen LogP contribution in [0.2, 0.25) is 0 Å². The Bertz CT molecular complexity index is 687.